The zero-order chi connectivity index (χ0) is 17.1. The van der Waals surface area contributed by atoms with Crippen molar-refractivity contribution in [2.24, 2.45) is 5.92 Å². The van der Waals surface area contributed by atoms with E-state index in [9.17, 15) is 9.59 Å². The van der Waals surface area contributed by atoms with Crippen LogP contribution in [0.4, 0.5) is 0 Å². The molecule has 0 aliphatic carbocycles. The van der Waals surface area contributed by atoms with Gasteiger partial charge in [0, 0.05) is 24.2 Å². The lowest BCUT2D eigenvalue weighted by atomic mass is 10.0. The minimum absolute atomic E-state index is 0. The largest absolute Gasteiger partial charge is 0.496 e. The standard InChI is InChI=1S/C19H19NO4.ClH/c1-24-17-8-7-14(11-16(17)13-5-3-2-4-6-13)18(21)20-10-9-15(12-20)19(22)23;/h2-8,11,15H,9-10,12H2,1H3,(H,22,23);1H. The van der Waals surface area contributed by atoms with Crippen LogP contribution in [0.2, 0.25) is 0 Å². The van der Waals surface area contributed by atoms with Crippen LogP contribution in [0.5, 0.6) is 5.75 Å². The third-order valence-corrected chi connectivity index (χ3v) is 4.36. The summed E-state index contributed by atoms with van der Waals surface area (Å²) < 4.78 is 5.41. The van der Waals surface area contributed by atoms with E-state index in [0.717, 1.165) is 11.1 Å². The number of amides is 1. The summed E-state index contributed by atoms with van der Waals surface area (Å²) >= 11 is 0. The van der Waals surface area contributed by atoms with E-state index in [1.54, 1.807) is 24.1 Å². The van der Waals surface area contributed by atoms with E-state index in [0.29, 0.717) is 24.3 Å². The Bertz CT molecular complexity index is 763. The van der Waals surface area contributed by atoms with Gasteiger partial charge in [0.25, 0.3) is 5.91 Å². The number of ether oxygens (including phenoxy) is 1. The minimum atomic E-state index is -0.843. The Morgan fingerprint density at radius 1 is 1.16 bits per heavy atom. The second-order valence-corrected chi connectivity index (χ2v) is 5.86. The first-order chi connectivity index (χ1) is 11.6. The van der Waals surface area contributed by atoms with E-state index in [1.807, 2.05) is 36.4 Å². The average Bonchev–Trinajstić information content (AvgIpc) is 3.11. The SMILES string of the molecule is COc1ccc(C(=O)N2CCC(C(=O)O)C2)cc1-c1ccccc1.Cl. The fraction of sp³-hybridized carbons (Fsp3) is 0.263. The third kappa shape index (κ3) is 3.94. The van der Waals surface area contributed by atoms with Gasteiger partial charge in [0.2, 0.25) is 0 Å². The molecule has 0 bridgehead atoms. The Morgan fingerprint density at radius 2 is 1.88 bits per heavy atom. The number of hydrogen-bond donors (Lipinski definition) is 1. The predicted octanol–water partition coefficient (Wildman–Crippen LogP) is 3.33. The summed E-state index contributed by atoms with van der Waals surface area (Å²) in [5.74, 6) is -0.757. The molecule has 1 aliphatic heterocycles. The third-order valence-electron chi connectivity index (χ3n) is 4.36. The van der Waals surface area contributed by atoms with Crippen LogP contribution in [-0.2, 0) is 4.79 Å². The Labute approximate surface area is 152 Å². The molecule has 1 amide bonds. The molecule has 1 N–H and O–H groups in total. The lowest BCUT2D eigenvalue weighted by molar-refractivity contribution is -0.141. The Morgan fingerprint density at radius 3 is 2.48 bits per heavy atom. The lowest BCUT2D eigenvalue weighted by Crippen LogP contribution is -2.29. The minimum Gasteiger partial charge on any atom is -0.496 e. The van der Waals surface area contributed by atoms with Crippen molar-refractivity contribution in [3.63, 3.8) is 0 Å². The molecule has 1 fully saturated rings. The number of carbonyl (C=O) groups is 2. The van der Waals surface area contributed by atoms with Crippen LogP contribution in [0.25, 0.3) is 11.1 Å². The molecule has 0 aromatic heterocycles. The number of hydrogen-bond acceptors (Lipinski definition) is 3. The molecule has 1 heterocycles. The van der Waals surface area contributed by atoms with E-state index >= 15 is 0 Å². The number of carboxylic acid groups (broad SMARTS) is 1. The highest BCUT2D eigenvalue weighted by molar-refractivity contribution is 5.96. The fourth-order valence-electron chi connectivity index (χ4n) is 3.01. The first-order valence-electron chi connectivity index (χ1n) is 7.85. The van der Waals surface area contributed by atoms with E-state index < -0.39 is 11.9 Å². The van der Waals surface area contributed by atoms with Gasteiger partial charge in [-0.15, -0.1) is 12.4 Å². The molecule has 25 heavy (non-hydrogen) atoms. The van der Waals surface area contributed by atoms with Gasteiger partial charge < -0.3 is 14.7 Å². The zero-order valence-corrected chi connectivity index (χ0v) is 14.7. The highest BCUT2D eigenvalue weighted by atomic mass is 35.5. The smallest absolute Gasteiger partial charge is 0.308 e. The summed E-state index contributed by atoms with van der Waals surface area (Å²) in [5.41, 5.74) is 2.35. The molecule has 2 aromatic rings. The van der Waals surface area contributed by atoms with Gasteiger partial charge in [-0.2, -0.15) is 0 Å². The second-order valence-electron chi connectivity index (χ2n) is 5.86. The zero-order valence-electron chi connectivity index (χ0n) is 13.8. The predicted molar refractivity (Wildman–Crippen MR) is 97.3 cm³/mol. The van der Waals surface area contributed by atoms with Gasteiger partial charge in [-0.1, -0.05) is 30.3 Å². The van der Waals surface area contributed by atoms with E-state index in [4.69, 9.17) is 9.84 Å². The summed E-state index contributed by atoms with van der Waals surface area (Å²) in [7, 11) is 1.60. The van der Waals surface area contributed by atoms with Crippen molar-refractivity contribution in [2.45, 2.75) is 6.42 Å². The quantitative estimate of drug-likeness (QED) is 0.907. The van der Waals surface area contributed by atoms with Gasteiger partial charge in [-0.25, -0.2) is 0 Å². The normalized spacial score (nSPS) is 16.2. The fourth-order valence-corrected chi connectivity index (χ4v) is 3.01. The topological polar surface area (TPSA) is 66.8 Å². The van der Waals surface area contributed by atoms with Crippen molar-refractivity contribution in [3.8, 4) is 16.9 Å². The maximum atomic E-state index is 12.7. The first-order valence-corrected chi connectivity index (χ1v) is 7.85. The van der Waals surface area contributed by atoms with Crippen molar-refractivity contribution in [1.29, 1.82) is 0 Å². The summed E-state index contributed by atoms with van der Waals surface area (Å²) in [5, 5.41) is 9.09. The van der Waals surface area contributed by atoms with Gasteiger partial charge >= 0.3 is 5.97 Å². The average molecular weight is 362 g/mol. The molecule has 1 aliphatic rings. The molecular weight excluding hydrogens is 342 g/mol. The van der Waals surface area contributed by atoms with E-state index in [2.05, 4.69) is 0 Å². The molecule has 0 radical (unpaired) electrons. The van der Waals surface area contributed by atoms with Crippen LogP contribution in [0.3, 0.4) is 0 Å². The van der Waals surface area contributed by atoms with Crippen molar-refractivity contribution in [1.82, 2.24) is 4.90 Å². The number of carboxylic acids is 1. The Kier molecular flexibility index (Phi) is 6.04. The van der Waals surface area contributed by atoms with Gasteiger partial charge in [0.1, 0.15) is 5.75 Å². The molecule has 1 unspecified atom stereocenters. The van der Waals surface area contributed by atoms with Gasteiger partial charge in [0.15, 0.2) is 0 Å². The number of rotatable bonds is 4. The molecule has 6 heteroatoms. The number of benzene rings is 2. The van der Waals surface area contributed by atoms with E-state index in [-0.39, 0.29) is 24.9 Å². The Balaban J connectivity index is 0.00000225. The number of carbonyl (C=O) groups excluding carboxylic acids is 1. The highest BCUT2D eigenvalue weighted by Crippen LogP contribution is 2.31. The number of nitrogens with zero attached hydrogens (tertiary/aromatic N) is 1. The molecule has 1 saturated heterocycles. The first kappa shape index (κ1) is 18.8. The van der Waals surface area contributed by atoms with Gasteiger partial charge in [0.05, 0.1) is 13.0 Å². The van der Waals surface area contributed by atoms with Crippen LogP contribution in [0.1, 0.15) is 16.8 Å². The van der Waals surface area contributed by atoms with Crippen LogP contribution in [0, 0.1) is 5.92 Å². The van der Waals surface area contributed by atoms with Crippen LogP contribution in [0.15, 0.2) is 48.5 Å². The Hall–Kier alpha value is -2.53. The van der Waals surface area contributed by atoms with Gasteiger partial charge in [-0.05, 0) is 30.2 Å². The second kappa shape index (κ2) is 8.03. The van der Waals surface area contributed by atoms with Crippen molar-refractivity contribution >= 4 is 24.3 Å². The van der Waals surface area contributed by atoms with E-state index in [1.165, 1.54) is 0 Å². The monoisotopic (exact) mass is 361 g/mol. The summed E-state index contributed by atoms with van der Waals surface area (Å²) in [6.45, 7) is 0.739. The molecule has 0 saturated carbocycles. The highest BCUT2D eigenvalue weighted by Gasteiger charge is 2.31. The number of methoxy groups -OCH3 is 1. The molecule has 3 rings (SSSR count). The summed E-state index contributed by atoms with van der Waals surface area (Å²) in [6.07, 6.45) is 0.503. The van der Waals surface area contributed by atoms with Gasteiger partial charge in [-0.3, -0.25) is 9.59 Å². The summed E-state index contributed by atoms with van der Waals surface area (Å²) in [6, 6.07) is 15.0. The molecule has 132 valence electrons. The maximum absolute atomic E-state index is 12.7. The number of likely N-dealkylation sites (tertiary alicyclic amines) is 1. The number of aliphatic carboxylic acids is 1. The van der Waals surface area contributed by atoms with Crippen LogP contribution in [-0.4, -0.2) is 42.1 Å². The van der Waals surface area contributed by atoms with Crippen LogP contribution >= 0.6 is 12.4 Å². The van der Waals surface area contributed by atoms with Crippen molar-refractivity contribution in [2.75, 3.05) is 20.2 Å². The molecular formula is C19H20ClNO4. The lowest BCUT2D eigenvalue weighted by Gasteiger charge is -2.17. The summed E-state index contributed by atoms with van der Waals surface area (Å²) in [4.78, 5) is 25.4. The molecule has 2 aromatic carbocycles. The molecule has 5 nitrogen and oxygen atoms in total. The van der Waals surface area contributed by atoms with Crippen molar-refractivity contribution < 1.29 is 19.4 Å². The maximum Gasteiger partial charge on any atom is 0.308 e. The number of halogens is 1. The van der Waals surface area contributed by atoms with Crippen LogP contribution < -0.4 is 4.74 Å². The molecule has 0 spiro atoms. The molecule has 1 atom stereocenters. The van der Waals surface area contributed by atoms with Crippen molar-refractivity contribution in [3.05, 3.63) is 54.1 Å².